The molecule has 0 aromatic heterocycles. The zero-order chi connectivity index (χ0) is 18.9. The van der Waals surface area contributed by atoms with E-state index < -0.39 is 5.54 Å². The van der Waals surface area contributed by atoms with Gasteiger partial charge in [-0.2, -0.15) is 0 Å². The molecule has 0 bridgehead atoms. The Kier molecular flexibility index (Phi) is 4.78. The molecule has 0 spiro atoms. The molecule has 0 aliphatic carbocycles. The minimum Gasteiger partial charge on any atom is -0.322 e. The van der Waals surface area contributed by atoms with Gasteiger partial charge in [0.15, 0.2) is 0 Å². The smallest absolute Gasteiger partial charge is 0.250 e. The Labute approximate surface area is 152 Å². The average molecular weight is 355 g/mol. The molecule has 2 N–H and O–H groups in total. The van der Waals surface area contributed by atoms with E-state index in [1.807, 2.05) is 6.07 Å². The zero-order valence-corrected chi connectivity index (χ0v) is 15.0. The maximum absolute atomic E-state index is 13.9. The van der Waals surface area contributed by atoms with Crippen LogP contribution in [0.3, 0.4) is 0 Å². The number of amides is 2. The van der Waals surface area contributed by atoms with Gasteiger partial charge in [-0.05, 0) is 39.0 Å². The maximum Gasteiger partial charge on any atom is 0.250 e. The van der Waals surface area contributed by atoms with Crippen LogP contribution in [0.25, 0.3) is 0 Å². The third-order valence-electron chi connectivity index (χ3n) is 4.69. The first-order chi connectivity index (χ1) is 12.3. The highest BCUT2D eigenvalue weighted by molar-refractivity contribution is 6.14. The van der Waals surface area contributed by atoms with Crippen LogP contribution in [0.2, 0.25) is 0 Å². The lowest BCUT2D eigenvalue weighted by Gasteiger charge is -2.42. The van der Waals surface area contributed by atoms with E-state index in [1.54, 1.807) is 57.2 Å². The summed E-state index contributed by atoms with van der Waals surface area (Å²) >= 11 is 0. The quantitative estimate of drug-likeness (QED) is 0.885. The number of para-hydroxylation sites is 2. The summed E-state index contributed by atoms with van der Waals surface area (Å²) in [5, 5.41) is 5.89. The molecule has 1 aliphatic heterocycles. The van der Waals surface area contributed by atoms with Crippen molar-refractivity contribution in [2.45, 2.75) is 32.4 Å². The van der Waals surface area contributed by atoms with E-state index >= 15 is 0 Å². The van der Waals surface area contributed by atoms with Crippen LogP contribution in [0.4, 0.5) is 15.8 Å². The largest absolute Gasteiger partial charge is 0.322 e. The Morgan fingerprint density at radius 2 is 1.85 bits per heavy atom. The van der Waals surface area contributed by atoms with Gasteiger partial charge >= 0.3 is 0 Å². The van der Waals surface area contributed by atoms with Gasteiger partial charge in [0.2, 0.25) is 11.8 Å². The molecule has 3 rings (SSSR count). The minimum absolute atomic E-state index is 0.0133. The molecule has 136 valence electrons. The molecule has 0 radical (unpaired) electrons. The monoisotopic (exact) mass is 355 g/mol. The Balaban J connectivity index is 1.80. The van der Waals surface area contributed by atoms with Crippen molar-refractivity contribution < 1.29 is 14.0 Å². The standard InChI is InChI=1S/C20H22FN3O2/c1-13(14-8-4-5-9-15(14)21)22-12-18(25)24-17-11-7-6-10-16(17)23-19(26)20(24,2)3/h4-11,13,22H,12H2,1-3H3,(H,23,26). The number of halogens is 1. The molecule has 2 aromatic carbocycles. The summed E-state index contributed by atoms with van der Waals surface area (Å²) in [6.45, 7) is 5.20. The number of rotatable bonds is 4. The lowest BCUT2D eigenvalue weighted by molar-refractivity contribution is -0.126. The molecule has 1 unspecified atom stereocenters. The van der Waals surface area contributed by atoms with Crippen molar-refractivity contribution >= 4 is 23.2 Å². The topological polar surface area (TPSA) is 61.4 Å². The van der Waals surface area contributed by atoms with Crippen LogP contribution in [0, 0.1) is 5.82 Å². The van der Waals surface area contributed by atoms with Gasteiger partial charge in [0.1, 0.15) is 11.4 Å². The highest BCUT2D eigenvalue weighted by atomic mass is 19.1. The number of fused-ring (bicyclic) bond motifs is 1. The Morgan fingerprint density at radius 1 is 1.19 bits per heavy atom. The SMILES string of the molecule is CC(NCC(=O)N1c2ccccc2NC(=O)C1(C)C)c1ccccc1F. The molecule has 2 aromatic rings. The van der Waals surface area contributed by atoms with Crippen molar-refractivity contribution in [2.75, 3.05) is 16.8 Å². The first-order valence-electron chi connectivity index (χ1n) is 8.53. The molecule has 26 heavy (non-hydrogen) atoms. The van der Waals surface area contributed by atoms with E-state index in [0.29, 0.717) is 16.9 Å². The van der Waals surface area contributed by atoms with E-state index in [-0.39, 0.29) is 30.2 Å². The number of carbonyl (C=O) groups is 2. The molecule has 0 saturated carbocycles. The van der Waals surface area contributed by atoms with Crippen LogP contribution in [0.15, 0.2) is 48.5 Å². The van der Waals surface area contributed by atoms with E-state index in [9.17, 15) is 14.0 Å². The number of hydrogen-bond donors (Lipinski definition) is 2. The number of anilines is 2. The van der Waals surface area contributed by atoms with Gasteiger partial charge in [-0.15, -0.1) is 0 Å². The van der Waals surface area contributed by atoms with Gasteiger partial charge < -0.3 is 10.6 Å². The molecule has 6 heteroatoms. The third kappa shape index (κ3) is 3.20. The van der Waals surface area contributed by atoms with Crippen molar-refractivity contribution in [3.05, 3.63) is 59.9 Å². The number of carbonyl (C=O) groups excluding carboxylic acids is 2. The summed E-state index contributed by atoms with van der Waals surface area (Å²) in [4.78, 5) is 26.9. The molecule has 1 heterocycles. The molecule has 0 saturated heterocycles. The summed E-state index contributed by atoms with van der Waals surface area (Å²) in [5.74, 6) is -0.810. The number of nitrogens with one attached hydrogen (secondary N) is 2. The molecule has 1 atom stereocenters. The molecular weight excluding hydrogens is 333 g/mol. The van der Waals surface area contributed by atoms with E-state index in [4.69, 9.17) is 0 Å². The normalized spacial score (nSPS) is 16.6. The predicted octanol–water partition coefficient (Wildman–Crippen LogP) is 3.24. The second-order valence-electron chi connectivity index (χ2n) is 6.88. The predicted molar refractivity (Wildman–Crippen MR) is 99.5 cm³/mol. The van der Waals surface area contributed by atoms with E-state index in [2.05, 4.69) is 10.6 Å². The van der Waals surface area contributed by atoms with Crippen LogP contribution < -0.4 is 15.5 Å². The second kappa shape index (κ2) is 6.88. The lowest BCUT2D eigenvalue weighted by atomic mass is 9.96. The zero-order valence-electron chi connectivity index (χ0n) is 15.0. The number of nitrogens with zero attached hydrogens (tertiary/aromatic N) is 1. The summed E-state index contributed by atoms with van der Waals surface area (Å²) in [7, 11) is 0. The molecule has 5 nitrogen and oxygen atoms in total. The molecular formula is C20H22FN3O2. The van der Waals surface area contributed by atoms with E-state index in [1.165, 1.54) is 11.0 Å². The fourth-order valence-electron chi connectivity index (χ4n) is 3.15. The maximum atomic E-state index is 13.9. The van der Waals surface area contributed by atoms with Crippen LogP contribution in [-0.2, 0) is 9.59 Å². The van der Waals surface area contributed by atoms with Crippen molar-refractivity contribution in [3.63, 3.8) is 0 Å². The van der Waals surface area contributed by atoms with Crippen molar-refractivity contribution in [1.29, 1.82) is 0 Å². The van der Waals surface area contributed by atoms with Crippen molar-refractivity contribution in [3.8, 4) is 0 Å². The number of hydrogen-bond acceptors (Lipinski definition) is 3. The van der Waals surface area contributed by atoms with Gasteiger partial charge in [0.05, 0.1) is 17.9 Å². The van der Waals surface area contributed by atoms with Crippen molar-refractivity contribution in [2.24, 2.45) is 0 Å². The Bertz CT molecular complexity index is 850. The minimum atomic E-state index is -1.02. The van der Waals surface area contributed by atoms with Crippen LogP contribution in [-0.4, -0.2) is 23.9 Å². The highest BCUT2D eigenvalue weighted by Crippen LogP contribution is 2.36. The fourth-order valence-corrected chi connectivity index (χ4v) is 3.15. The van der Waals surface area contributed by atoms with Crippen LogP contribution in [0.5, 0.6) is 0 Å². The molecule has 0 fully saturated rings. The lowest BCUT2D eigenvalue weighted by Crippen LogP contribution is -2.60. The van der Waals surface area contributed by atoms with Crippen LogP contribution in [0.1, 0.15) is 32.4 Å². The summed E-state index contributed by atoms with van der Waals surface area (Å²) in [5.41, 5.74) is 0.736. The van der Waals surface area contributed by atoms with Crippen molar-refractivity contribution in [1.82, 2.24) is 5.32 Å². The van der Waals surface area contributed by atoms with Gasteiger partial charge in [-0.3, -0.25) is 14.5 Å². The summed E-state index contributed by atoms with van der Waals surface area (Å²) < 4.78 is 13.9. The van der Waals surface area contributed by atoms with Gasteiger partial charge in [0.25, 0.3) is 0 Å². The fraction of sp³-hybridized carbons (Fsp3) is 0.300. The first kappa shape index (κ1) is 18.1. The Hall–Kier alpha value is -2.73. The first-order valence-corrected chi connectivity index (χ1v) is 8.53. The van der Waals surface area contributed by atoms with Gasteiger partial charge in [0, 0.05) is 11.6 Å². The van der Waals surface area contributed by atoms with E-state index in [0.717, 1.165) is 0 Å². The molecule has 1 aliphatic rings. The third-order valence-corrected chi connectivity index (χ3v) is 4.69. The highest BCUT2D eigenvalue weighted by Gasteiger charge is 2.43. The van der Waals surface area contributed by atoms with Gasteiger partial charge in [-0.1, -0.05) is 30.3 Å². The van der Waals surface area contributed by atoms with Crippen LogP contribution >= 0.6 is 0 Å². The number of benzene rings is 2. The summed E-state index contributed by atoms with van der Waals surface area (Å²) in [6.07, 6.45) is 0. The Morgan fingerprint density at radius 3 is 2.58 bits per heavy atom. The van der Waals surface area contributed by atoms with Gasteiger partial charge in [-0.25, -0.2) is 4.39 Å². The second-order valence-corrected chi connectivity index (χ2v) is 6.88. The molecule has 2 amide bonds. The summed E-state index contributed by atoms with van der Waals surface area (Å²) in [6, 6.07) is 13.3. The average Bonchev–Trinajstić information content (AvgIpc) is 2.60.